The lowest BCUT2D eigenvalue weighted by molar-refractivity contribution is -0.146. The molecule has 60 heavy (non-hydrogen) atoms. The number of halogens is 1. The fourth-order valence-corrected chi connectivity index (χ4v) is 10.5. The van der Waals surface area contributed by atoms with Crippen molar-refractivity contribution in [3.63, 3.8) is 0 Å². The van der Waals surface area contributed by atoms with Gasteiger partial charge in [-0.3, -0.25) is 28.5 Å². The third-order valence-electron chi connectivity index (χ3n) is 11.9. The fraction of sp³-hybridized carbons (Fsp3) is 0.444. The summed E-state index contributed by atoms with van der Waals surface area (Å²) in [6.07, 6.45) is 7.09. The molecule has 3 aliphatic heterocycles. The maximum atomic E-state index is 16.6. The van der Waals surface area contributed by atoms with Crippen molar-refractivity contribution in [1.29, 1.82) is 0 Å². The predicted molar refractivity (Wildman–Crippen MR) is 225 cm³/mol. The largest absolute Gasteiger partial charge is 0.465 e. The number of nitrogens with zero attached hydrogens (tertiary/aromatic N) is 3. The van der Waals surface area contributed by atoms with Crippen molar-refractivity contribution in [3.05, 3.63) is 112 Å². The van der Waals surface area contributed by atoms with Gasteiger partial charge in [0.25, 0.3) is 11.5 Å². The molecule has 4 heterocycles. The molecule has 1 aromatic heterocycles. The number of hydrogen-bond donors (Lipinski definition) is 2. The number of hydrogen-bond acceptors (Lipinski definition) is 8. The number of alkyl halides is 1. The van der Waals surface area contributed by atoms with Crippen LogP contribution in [0.5, 0.6) is 5.75 Å². The number of aryl methyl sites for hydroxylation is 1. The zero-order valence-electron chi connectivity index (χ0n) is 34.3. The van der Waals surface area contributed by atoms with E-state index in [1.165, 1.54) is 35.8 Å². The highest BCUT2D eigenvalue weighted by Crippen LogP contribution is 2.58. The maximum Gasteiger partial charge on any atom is 0.355 e. The Kier molecular flexibility index (Phi) is 13.2. The topological polar surface area (TPSA) is 156 Å². The normalized spacial score (nSPS) is 22.6. The molecule has 318 valence electrons. The van der Waals surface area contributed by atoms with Gasteiger partial charge in [-0.05, 0) is 104 Å². The first-order valence-electron chi connectivity index (χ1n) is 20.9. The van der Waals surface area contributed by atoms with Gasteiger partial charge in [0.2, 0.25) is 17.7 Å². The highest BCUT2D eigenvalue weighted by molar-refractivity contribution is 7.57. The Morgan fingerprint density at radius 1 is 0.917 bits per heavy atom. The van der Waals surface area contributed by atoms with Crippen molar-refractivity contribution in [2.45, 2.75) is 101 Å². The molecule has 0 saturated carbocycles. The summed E-state index contributed by atoms with van der Waals surface area (Å²) >= 11 is 0. The van der Waals surface area contributed by atoms with Crippen LogP contribution in [-0.2, 0) is 30.7 Å². The molecule has 0 bridgehead atoms. The fourth-order valence-electron chi connectivity index (χ4n) is 8.59. The van der Waals surface area contributed by atoms with E-state index in [-0.39, 0.29) is 52.8 Å². The first-order chi connectivity index (χ1) is 28.8. The molecule has 3 aliphatic rings. The number of fused-ring (bicyclic) bond motifs is 2. The first kappa shape index (κ1) is 42.8. The number of carbonyl (C=O) groups is 4. The third-order valence-corrected chi connectivity index (χ3v) is 14.0. The quantitative estimate of drug-likeness (QED) is 0.110. The van der Waals surface area contributed by atoms with Crippen LogP contribution in [0, 0.1) is 0 Å². The molecule has 3 amide bonds. The number of pyridine rings is 1. The van der Waals surface area contributed by atoms with Crippen molar-refractivity contribution in [3.8, 4) is 5.75 Å². The molecule has 0 aliphatic carbocycles. The van der Waals surface area contributed by atoms with Crippen molar-refractivity contribution < 1.29 is 37.4 Å². The summed E-state index contributed by atoms with van der Waals surface area (Å²) in [7, 11) is -2.77. The summed E-state index contributed by atoms with van der Waals surface area (Å²) in [6.45, 7) is 4.44. The molecule has 15 heteroatoms. The van der Waals surface area contributed by atoms with Gasteiger partial charge in [-0.15, -0.1) is 0 Å². The summed E-state index contributed by atoms with van der Waals surface area (Å²) in [5.74, 6) is -3.59. The van der Waals surface area contributed by atoms with Gasteiger partial charge in [-0.1, -0.05) is 56.2 Å². The third kappa shape index (κ3) is 9.34. The van der Waals surface area contributed by atoms with Crippen molar-refractivity contribution >= 4 is 42.0 Å². The van der Waals surface area contributed by atoms with Gasteiger partial charge in [-0.25, -0.2) is 9.48 Å². The molecule has 13 nitrogen and oxygen atoms in total. The van der Waals surface area contributed by atoms with Crippen LogP contribution in [-0.4, -0.2) is 81.9 Å². The van der Waals surface area contributed by atoms with Gasteiger partial charge in [-0.2, -0.15) is 0 Å². The Balaban J connectivity index is 1.07. The van der Waals surface area contributed by atoms with Crippen LogP contribution in [0.25, 0.3) is 10.8 Å². The number of benzene rings is 3. The van der Waals surface area contributed by atoms with Crippen LogP contribution < -0.4 is 20.5 Å². The number of esters is 1. The van der Waals surface area contributed by atoms with E-state index in [0.29, 0.717) is 49.5 Å². The van der Waals surface area contributed by atoms with Gasteiger partial charge in [0.15, 0.2) is 0 Å². The Hall–Kier alpha value is -5.33. The zero-order chi connectivity index (χ0) is 42.6. The van der Waals surface area contributed by atoms with E-state index in [9.17, 15) is 28.5 Å². The molecule has 3 unspecified atom stereocenters. The van der Waals surface area contributed by atoms with Crippen LogP contribution in [0.2, 0.25) is 0 Å². The van der Waals surface area contributed by atoms with Crippen molar-refractivity contribution in [2.75, 3.05) is 19.7 Å². The van der Waals surface area contributed by atoms with Gasteiger partial charge in [0.05, 0.1) is 6.61 Å². The second kappa shape index (κ2) is 18.5. The minimum atomic E-state index is -4.47. The number of carbonyl (C=O) groups excluding carboxylic acids is 4. The Morgan fingerprint density at radius 3 is 2.45 bits per heavy atom. The van der Waals surface area contributed by atoms with Gasteiger partial charge in [0, 0.05) is 49.9 Å². The van der Waals surface area contributed by atoms with Gasteiger partial charge < -0.3 is 28.9 Å². The van der Waals surface area contributed by atoms with Crippen LogP contribution in [0.15, 0.2) is 89.9 Å². The highest BCUT2D eigenvalue weighted by atomic mass is 31.2. The molecule has 3 saturated heterocycles. The highest BCUT2D eigenvalue weighted by Gasteiger charge is 2.46. The second-order valence-electron chi connectivity index (χ2n) is 16.2. The molecule has 4 aromatic rings. The summed E-state index contributed by atoms with van der Waals surface area (Å²) in [6, 6.07) is 18.5. The number of aromatic nitrogens is 1. The molecule has 0 radical (unpaired) electrons. The van der Waals surface area contributed by atoms with Crippen LogP contribution in [0.3, 0.4) is 0 Å². The van der Waals surface area contributed by atoms with E-state index in [0.717, 1.165) is 31.2 Å². The molecule has 7 rings (SSSR count). The van der Waals surface area contributed by atoms with Crippen LogP contribution in [0.1, 0.15) is 98.5 Å². The van der Waals surface area contributed by atoms with Gasteiger partial charge in [0.1, 0.15) is 23.9 Å². The first-order valence-corrected chi connectivity index (χ1v) is 22.6. The van der Waals surface area contributed by atoms with E-state index in [2.05, 4.69) is 10.4 Å². The number of amides is 3. The smallest absolute Gasteiger partial charge is 0.355 e. The van der Waals surface area contributed by atoms with E-state index >= 15 is 4.39 Å². The number of nitrogens with one attached hydrogen (secondary N) is 2. The SMILES string of the molecule is CCCOC(=O)[C@H](C)NP(=O)(Oc1ccccc1)C(F)c1ccc2ccc(C(=O)N[C@H]3CCCC[C@H]4CC[C@@H](C(=O)N5CCC(c6ccn(C)c(=O)c6)C5)N4C3=O)cc2c1. The minimum Gasteiger partial charge on any atom is -0.465 e. The zero-order valence-corrected chi connectivity index (χ0v) is 35.2. The molecule has 7 atom stereocenters. The molecule has 3 aromatic carbocycles. The Bertz CT molecular complexity index is 2340. The average molecular weight is 842 g/mol. The molecular weight excluding hydrogens is 788 g/mol. The van der Waals surface area contributed by atoms with Gasteiger partial charge >= 0.3 is 13.5 Å². The lowest BCUT2D eigenvalue weighted by Crippen LogP contribution is -2.56. The van der Waals surface area contributed by atoms with Crippen LogP contribution >= 0.6 is 7.52 Å². The van der Waals surface area contributed by atoms with Crippen molar-refractivity contribution in [1.82, 2.24) is 24.8 Å². The van der Waals surface area contributed by atoms with E-state index in [1.807, 2.05) is 17.9 Å². The molecule has 2 N–H and O–H groups in total. The number of likely N-dealkylation sites (tertiary alicyclic amines) is 1. The summed E-state index contributed by atoms with van der Waals surface area (Å²) in [5.41, 5.74) is 1.05. The number of ether oxygens (including phenoxy) is 1. The minimum absolute atomic E-state index is 0.00396. The standard InChI is InChI=1S/C45H53FN5O8P/c1-4-24-58-45(56)29(2)48-60(57,59-37-11-6-5-7-12-37)41(46)32-16-14-30-15-17-33(26-35(30)25-32)42(53)47-38-13-9-8-10-36-18-19-39(51(36)43(38)54)44(55)50-23-21-34(28-50)31-20-22-49(3)40(52)27-31/h5-7,11-12,14-17,20,22,25-27,29,34,36,38-39,41H,4,8-10,13,18-19,21,23-24,28H2,1-3H3,(H,47,53)(H,48,57)/t29-,34?,36-,38-,39-,41?,60?/m0/s1. The lowest BCUT2D eigenvalue weighted by atomic mass is 9.98. The summed E-state index contributed by atoms with van der Waals surface area (Å²) in [4.78, 5) is 70.8. The number of para-hydroxylation sites is 1. The summed E-state index contributed by atoms with van der Waals surface area (Å²) in [5, 5.41) is 6.71. The average Bonchev–Trinajstić information content (AvgIpc) is 3.91. The molecule has 3 fully saturated rings. The second-order valence-corrected chi connectivity index (χ2v) is 18.2. The van der Waals surface area contributed by atoms with Crippen molar-refractivity contribution in [2.24, 2.45) is 7.05 Å². The van der Waals surface area contributed by atoms with E-state index in [1.54, 1.807) is 66.7 Å². The molecular formula is C45H53FN5O8P. The lowest BCUT2D eigenvalue weighted by Gasteiger charge is -2.36. The van der Waals surface area contributed by atoms with Crippen LogP contribution in [0.4, 0.5) is 4.39 Å². The summed E-state index contributed by atoms with van der Waals surface area (Å²) < 4.78 is 43.4. The Morgan fingerprint density at radius 2 is 1.68 bits per heavy atom. The van der Waals surface area contributed by atoms with E-state index < -0.39 is 43.4 Å². The monoisotopic (exact) mass is 841 g/mol. The molecule has 0 spiro atoms. The maximum absolute atomic E-state index is 16.6. The number of rotatable bonds is 13. The van der Waals surface area contributed by atoms with E-state index in [4.69, 9.17) is 9.26 Å². The Labute approximate surface area is 349 Å². The predicted octanol–water partition coefficient (Wildman–Crippen LogP) is 6.76.